The van der Waals surface area contributed by atoms with Gasteiger partial charge in [-0.1, -0.05) is 24.3 Å². The first-order chi connectivity index (χ1) is 18.2. The monoisotopic (exact) mass is 523 g/mol. The highest BCUT2D eigenvalue weighted by Crippen LogP contribution is 2.52. The summed E-state index contributed by atoms with van der Waals surface area (Å²) in [5.74, 6) is 0.693. The molecule has 0 saturated heterocycles. The van der Waals surface area contributed by atoms with Crippen LogP contribution in [-0.4, -0.2) is 41.6 Å². The van der Waals surface area contributed by atoms with Crippen molar-refractivity contribution >= 4 is 11.0 Å². The molecule has 1 aliphatic rings. The highest BCUT2D eigenvalue weighted by Gasteiger charge is 2.49. The number of halogens is 4. The first kappa shape index (κ1) is 24.0. The molecule has 38 heavy (non-hydrogen) atoms. The van der Waals surface area contributed by atoms with Gasteiger partial charge in [0.15, 0.2) is 17.2 Å². The van der Waals surface area contributed by atoms with Crippen LogP contribution >= 0.6 is 0 Å². The molecule has 0 atom stereocenters. The summed E-state index contributed by atoms with van der Waals surface area (Å²) in [6, 6.07) is 7.15. The Kier molecular flexibility index (Phi) is 5.44. The lowest BCUT2D eigenvalue weighted by Crippen LogP contribution is -2.09. The largest absolute Gasteiger partial charge is 0.480 e. The number of hydrogen-bond donors (Lipinski definition) is 1. The molecule has 0 unspecified atom stereocenters. The zero-order chi connectivity index (χ0) is 26.7. The molecule has 1 aliphatic carbocycles. The van der Waals surface area contributed by atoms with Crippen LogP contribution in [0.25, 0.3) is 33.8 Å². The third kappa shape index (κ3) is 4.15. The maximum Gasteiger partial charge on any atom is 0.434 e. The van der Waals surface area contributed by atoms with Crippen LogP contribution in [0.4, 0.5) is 17.6 Å². The standard InChI is InChI=1S/C26H21F4N7O/c1-37-12-18(26(28,29)30)35-23(37)15-5-3-14(4-6-15)9-16-10-31-17-11-32-22(36-20(16)17)19-21(25(27)7-8-25)33-13-34-24(19)38-2/h3-6,10-13,31H,7-9H2,1-2H3. The van der Waals surface area contributed by atoms with Crippen LogP contribution in [0.3, 0.4) is 0 Å². The van der Waals surface area contributed by atoms with Crippen molar-refractivity contribution in [2.75, 3.05) is 7.11 Å². The molecule has 0 amide bonds. The topological polar surface area (TPSA) is 94.4 Å². The number of nitrogens with zero attached hydrogens (tertiary/aromatic N) is 6. The number of fused-ring (bicyclic) bond motifs is 1. The number of ether oxygens (including phenoxy) is 1. The predicted molar refractivity (Wildman–Crippen MR) is 130 cm³/mol. The number of imidazole rings is 1. The lowest BCUT2D eigenvalue weighted by atomic mass is 10.0. The van der Waals surface area contributed by atoms with Crippen molar-refractivity contribution in [1.82, 2.24) is 34.5 Å². The molecule has 12 heteroatoms. The van der Waals surface area contributed by atoms with Gasteiger partial charge in [0.1, 0.15) is 17.7 Å². The van der Waals surface area contributed by atoms with E-state index in [1.54, 1.807) is 18.3 Å². The molecule has 0 bridgehead atoms. The molecule has 0 radical (unpaired) electrons. The van der Waals surface area contributed by atoms with Crippen LogP contribution in [-0.2, 0) is 25.3 Å². The summed E-state index contributed by atoms with van der Waals surface area (Å²) in [5, 5.41) is 0. The fourth-order valence-electron chi connectivity index (χ4n) is 4.50. The van der Waals surface area contributed by atoms with Gasteiger partial charge in [-0.25, -0.2) is 29.3 Å². The van der Waals surface area contributed by atoms with Gasteiger partial charge in [0.05, 0.1) is 30.0 Å². The van der Waals surface area contributed by atoms with Gasteiger partial charge in [-0.15, -0.1) is 0 Å². The Morgan fingerprint density at radius 1 is 1.08 bits per heavy atom. The quantitative estimate of drug-likeness (QED) is 0.300. The van der Waals surface area contributed by atoms with Gasteiger partial charge < -0.3 is 14.3 Å². The second-order valence-corrected chi connectivity index (χ2v) is 9.27. The van der Waals surface area contributed by atoms with Gasteiger partial charge in [0.2, 0.25) is 5.88 Å². The lowest BCUT2D eigenvalue weighted by molar-refractivity contribution is -0.140. The second kappa shape index (κ2) is 8.61. The highest BCUT2D eigenvalue weighted by molar-refractivity contribution is 5.81. The van der Waals surface area contributed by atoms with Gasteiger partial charge in [-0.2, -0.15) is 13.2 Å². The van der Waals surface area contributed by atoms with Crippen molar-refractivity contribution in [1.29, 1.82) is 0 Å². The summed E-state index contributed by atoms with van der Waals surface area (Å²) < 4.78 is 61.0. The number of H-pyrrole nitrogens is 1. The molecule has 6 rings (SSSR count). The summed E-state index contributed by atoms with van der Waals surface area (Å²) in [5.41, 5.74) is 1.79. The zero-order valence-electron chi connectivity index (χ0n) is 20.3. The number of nitrogens with one attached hydrogen (secondary N) is 1. The van der Waals surface area contributed by atoms with E-state index in [0.717, 1.165) is 17.3 Å². The van der Waals surface area contributed by atoms with Gasteiger partial charge in [-0.05, 0) is 18.4 Å². The van der Waals surface area contributed by atoms with Crippen molar-refractivity contribution in [2.24, 2.45) is 7.05 Å². The van der Waals surface area contributed by atoms with Crippen molar-refractivity contribution in [2.45, 2.75) is 31.1 Å². The summed E-state index contributed by atoms with van der Waals surface area (Å²) >= 11 is 0. The highest BCUT2D eigenvalue weighted by atomic mass is 19.4. The first-order valence-corrected chi connectivity index (χ1v) is 11.8. The van der Waals surface area contributed by atoms with Crippen molar-refractivity contribution in [3.63, 3.8) is 0 Å². The Labute approximate surface area is 213 Å². The molecule has 4 aromatic heterocycles. The molecular formula is C26H21F4N7O. The Hall–Kier alpha value is -4.35. The second-order valence-electron chi connectivity index (χ2n) is 9.27. The van der Waals surface area contributed by atoms with Gasteiger partial charge in [-0.3, -0.25) is 0 Å². The number of hydrogen-bond acceptors (Lipinski definition) is 6. The lowest BCUT2D eigenvalue weighted by Gasteiger charge is -2.13. The van der Waals surface area contributed by atoms with Crippen LogP contribution in [0.2, 0.25) is 0 Å². The van der Waals surface area contributed by atoms with E-state index in [9.17, 15) is 13.2 Å². The molecule has 0 spiro atoms. The number of aromatic amines is 1. The SMILES string of the molecule is COc1ncnc(C2(F)CC2)c1-c1ncc2[nH]cc(Cc3ccc(-c4nc(C(F)(F)F)cn4C)cc3)c2n1. The van der Waals surface area contributed by atoms with E-state index < -0.39 is 17.5 Å². The Morgan fingerprint density at radius 3 is 2.50 bits per heavy atom. The number of aryl methyl sites for hydroxylation is 1. The fourth-order valence-corrected chi connectivity index (χ4v) is 4.50. The van der Waals surface area contributed by atoms with Crippen molar-refractivity contribution < 1.29 is 22.3 Å². The smallest absolute Gasteiger partial charge is 0.434 e. The van der Waals surface area contributed by atoms with Crippen LogP contribution < -0.4 is 4.74 Å². The van der Waals surface area contributed by atoms with Gasteiger partial charge in [0.25, 0.3) is 0 Å². The maximum absolute atomic E-state index is 15.1. The normalized spacial score (nSPS) is 14.7. The average Bonchev–Trinajstić information content (AvgIpc) is 3.34. The molecule has 1 saturated carbocycles. The minimum Gasteiger partial charge on any atom is -0.480 e. The van der Waals surface area contributed by atoms with E-state index in [1.165, 1.54) is 25.1 Å². The molecule has 8 nitrogen and oxygen atoms in total. The fraction of sp³-hybridized carbons (Fsp3) is 0.269. The van der Waals surface area contributed by atoms with E-state index in [0.29, 0.717) is 41.4 Å². The first-order valence-electron chi connectivity index (χ1n) is 11.8. The molecular weight excluding hydrogens is 502 g/mol. The van der Waals surface area contributed by atoms with Crippen LogP contribution in [0.15, 0.2) is 49.2 Å². The summed E-state index contributed by atoms with van der Waals surface area (Å²) in [4.78, 5) is 24.4. The van der Waals surface area contributed by atoms with Crippen LogP contribution in [0, 0.1) is 0 Å². The van der Waals surface area contributed by atoms with Crippen molar-refractivity contribution in [3.05, 3.63) is 71.7 Å². The number of rotatable bonds is 6. The minimum atomic E-state index is -4.51. The van der Waals surface area contributed by atoms with Crippen molar-refractivity contribution in [3.8, 4) is 28.7 Å². The summed E-state index contributed by atoms with van der Waals surface area (Å²) in [7, 11) is 2.98. The molecule has 4 heterocycles. The van der Waals surface area contributed by atoms with E-state index >= 15 is 4.39 Å². The van der Waals surface area contributed by atoms with Crippen LogP contribution in [0.1, 0.15) is 35.4 Å². The minimum absolute atomic E-state index is 0.203. The zero-order valence-corrected chi connectivity index (χ0v) is 20.3. The molecule has 0 aliphatic heterocycles. The molecule has 1 fully saturated rings. The Morgan fingerprint density at radius 2 is 1.84 bits per heavy atom. The Bertz CT molecular complexity index is 1650. The molecule has 194 valence electrons. The van der Waals surface area contributed by atoms with E-state index in [2.05, 4.69) is 24.9 Å². The van der Waals surface area contributed by atoms with E-state index in [1.807, 2.05) is 18.3 Å². The van der Waals surface area contributed by atoms with E-state index in [-0.39, 0.29) is 23.2 Å². The van der Waals surface area contributed by atoms with Gasteiger partial charge >= 0.3 is 6.18 Å². The predicted octanol–water partition coefficient (Wildman–Crippen LogP) is 5.39. The molecule has 5 aromatic rings. The number of aromatic nitrogens is 7. The maximum atomic E-state index is 15.1. The van der Waals surface area contributed by atoms with E-state index in [4.69, 9.17) is 9.72 Å². The number of benzene rings is 1. The average molecular weight is 523 g/mol. The Balaban J connectivity index is 1.32. The third-order valence-electron chi connectivity index (χ3n) is 6.61. The summed E-state index contributed by atoms with van der Waals surface area (Å²) in [6.45, 7) is 0. The molecule has 1 aromatic carbocycles. The number of methoxy groups -OCH3 is 1. The third-order valence-corrected chi connectivity index (χ3v) is 6.61. The van der Waals surface area contributed by atoms with Gasteiger partial charge in [0, 0.05) is 37.0 Å². The number of alkyl halides is 4. The molecule has 1 N–H and O–H groups in total. The summed E-state index contributed by atoms with van der Waals surface area (Å²) in [6.07, 6.45) is 2.40. The van der Waals surface area contributed by atoms with Crippen LogP contribution in [0.5, 0.6) is 5.88 Å².